The van der Waals surface area contributed by atoms with Gasteiger partial charge in [0, 0.05) is 18.2 Å². The smallest absolute Gasteiger partial charge is 0.238 e. The summed E-state index contributed by atoms with van der Waals surface area (Å²) in [6, 6.07) is 17.7. The maximum atomic E-state index is 12.6. The van der Waals surface area contributed by atoms with Crippen molar-refractivity contribution in [2.45, 2.75) is 13.5 Å². The molecule has 1 aliphatic heterocycles. The van der Waals surface area contributed by atoms with Crippen LogP contribution < -0.4 is 14.8 Å². The molecule has 1 heterocycles. The van der Waals surface area contributed by atoms with Crippen LogP contribution in [-0.2, 0) is 11.3 Å². The molecule has 0 bridgehead atoms. The molecule has 0 atom stereocenters. The molecule has 0 unspecified atom stereocenters. The van der Waals surface area contributed by atoms with Gasteiger partial charge in [0.25, 0.3) is 0 Å². The maximum absolute atomic E-state index is 12.6. The van der Waals surface area contributed by atoms with Gasteiger partial charge in [0.15, 0.2) is 17.3 Å². The molecule has 4 rings (SSSR count). The second kappa shape index (κ2) is 7.93. The number of Topliss-reactive ketones (excluding diaryl/α,β-unsaturated/α-hetero) is 1. The fraction of sp³-hybridized carbons (Fsp3) is 0.217. The SMILES string of the molecule is CC(=O)c1cc2c(cc1NC(=O)CN(C)Cc1ccc3ccccc3c1)OCO2. The summed E-state index contributed by atoms with van der Waals surface area (Å²) in [7, 11) is 1.89. The average Bonchev–Trinajstić information content (AvgIpc) is 3.14. The summed E-state index contributed by atoms with van der Waals surface area (Å²) in [5.74, 6) is 0.689. The lowest BCUT2D eigenvalue weighted by Gasteiger charge is -2.17. The van der Waals surface area contributed by atoms with E-state index in [1.807, 2.05) is 24.1 Å². The number of amides is 1. The Bertz CT molecular complexity index is 1090. The van der Waals surface area contributed by atoms with Crippen LogP contribution in [0.4, 0.5) is 5.69 Å². The van der Waals surface area contributed by atoms with Gasteiger partial charge in [-0.1, -0.05) is 36.4 Å². The highest BCUT2D eigenvalue weighted by molar-refractivity contribution is 6.05. The Balaban J connectivity index is 1.43. The fourth-order valence-electron chi connectivity index (χ4n) is 3.48. The third-order valence-corrected chi connectivity index (χ3v) is 4.85. The topological polar surface area (TPSA) is 67.9 Å². The van der Waals surface area contributed by atoms with E-state index >= 15 is 0 Å². The summed E-state index contributed by atoms with van der Waals surface area (Å²) < 4.78 is 10.7. The number of hydrogen-bond donors (Lipinski definition) is 1. The van der Waals surface area contributed by atoms with Crippen LogP contribution in [0.25, 0.3) is 10.8 Å². The quantitative estimate of drug-likeness (QED) is 0.648. The number of nitrogens with one attached hydrogen (secondary N) is 1. The van der Waals surface area contributed by atoms with E-state index in [4.69, 9.17) is 9.47 Å². The summed E-state index contributed by atoms with van der Waals surface area (Å²) in [6.45, 7) is 2.40. The molecule has 1 aliphatic rings. The van der Waals surface area contributed by atoms with Gasteiger partial charge in [0.2, 0.25) is 12.7 Å². The van der Waals surface area contributed by atoms with Gasteiger partial charge in [0.05, 0.1) is 12.2 Å². The van der Waals surface area contributed by atoms with Crippen LogP contribution in [0, 0.1) is 0 Å². The van der Waals surface area contributed by atoms with E-state index in [9.17, 15) is 9.59 Å². The molecule has 0 aromatic heterocycles. The first-order chi connectivity index (χ1) is 14.0. The van der Waals surface area contributed by atoms with Crippen molar-refractivity contribution in [3.8, 4) is 11.5 Å². The molecular weight excluding hydrogens is 368 g/mol. The maximum Gasteiger partial charge on any atom is 0.238 e. The molecule has 29 heavy (non-hydrogen) atoms. The summed E-state index contributed by atoms with van der Waals surface area (Å²) >= 11 is 0. The Morgan fingerprint density at radius 2 is 1.72 bits per heavy atom. The van der Waals surface area contributed by atoms with Crippen molar-refractivity contribution < 1.29 is 19.1 Å². The van der Waals surface area contributed by atoms with E-state index in [-0.39, 0.29) is 25.0 Å². The third-order valence-electron chi connectivity index (χ3n) is 4.85. The lowest BCUT2D eigenvalue weighted by Crippen LogP contribution is -2.30. The molecule has 6 nitrogen and oxygen atoms in total. The highest BCUT2D eigenvalue weighted by atomic mass is 16.7. The number of benzene rings is 3. The van der Waals surface area contributed by atoms with Crippen molar-refractivity contribution in [1.82, 2.24) is 4.90 Å². The molecular formula is C23H22N2O4. The molecule has 6 heteroatoms. The van der Waals surface area contributed by atoms with Crippen LogP contribution in [0.5, 0.6) is 11.5 Å². The van der Waals surface area contributed by atoms with Crippen molar-refractivity contribution in [3.05, 3.63) is 65.7 Å². The van der Waals surface area contributed by atoms with Crippen LogP contribution in [0.1, 0.15) is 22.8 Å². The predicted octanol–water partition coefficient (Wildman–Crippen LogP) is 3.84. The van der Waals surface area contributed by atoms with Crippen molar-refractivity contribution in [2.24, 2.45) is 0 Å². The van der Waals surface area contributed by atoms with Gasteiger partial charge in [-0.05, 0) is 42.4 Å². The minimum atomic E-state index is -0.199. The Morgan fingerprint density at radius 1 is 1.00 bits per heavy atom. The van der Waals surface area contributed by atoms with E-state index in [2.05, 4.69) is 35.6 Å². The average molecular weight is 390 g/mol. The van der Waals surface area contributed by atoms with Crippen molar-refractivity contribution in [3.63, 3.8) is 0 Å². The normalized spacial score (nSPS) is 12.4. The number of hydrogen-bond acceptors (Lipinski definition) is 5. The first-order valence-electron chi connectivity index (χ1n) is 9.40. The highest BCUT2D eigenvalue weighted by Gasteiger charge is 2.20. The molecule has 148 valence electrons. The number of rotatable bonds is 6. The Hall–Kier alpha value is -3.38. The number of nitrogens with zero attached hydrogens (tertiary/aromatic N) is 1. The first kappa shape index (κ1) is 19.0. The molecule has 0 radical (unpaired) electrons. The Morgan fingerprint density at radius 3 is 2.48 bits per heavy atom. The van der Waals surface area contributed by atoms with Crippen LogP contribution in [-0.4, -0.2) is 37.0 Å². The van der Waals surface area contributed by atoms with E-state index in [0.717, 1.165) is 5.56 Å². The molecule has 1 N–H and O–H groups in total. The van der Waals surface area contributed by atoms with E-state index in [0.29, 0.717) is 29.3 Å². The molecule has 3 aromatic carbocycles. The summed E-state index contributed by atoms with van der Waals surface area (Å²) in [5.41, 5.74) is 1.97. The zero-order valence-electron chi connectivity index (χ0n) is 16.4. The number of carbonyl (C=O) groups is 2. The van der Waals surface area contributed by atoms with Gasteiger partial charge in [0.1, 0.15) is 0 Å². The van der Waals surface area contributed by atoms with Gasteiger partial charge in [-0.3, -0.25) is 14.5 Å². The predicted molar refractivity (Wildman–Crippen MR) is 111 cm³/mol. The first-order valence-corrected chi connectivity index (χ1v) is 9.40. The van der Waals surface area contributed by atoms with Crippen molar-refractivity contribution >= 4 is 28.2 Å². The minimum absolute atomic E-state index is 0.110. The summed E-state index contributed by atoms with van der Waals surface area (Å²) in [6.07, 6.45) is 0. The van der Waals surface area contributed by atoms with Crippen molar-refractivity contribution in [1.29, 1.82) is 0 Å². The zero-order valence-corrected chi connectivity index (χ0v) is 16.4. The molecule has 0 fully saturated rings. The molecule has 3 aromatic rings. The Kier molecular flexibility index (Phi) is 5.18. The largest absolute Gasteiger partial charge is 0.454 e. The minimum Gasteiger partial charge on any atom is -0.454 e. The van der Waals surface area contributed by atoms with E-state index in [1.165, 1.54) is 17.7 Å². The lowest BCUT2D eigenvalue weighted by atomic mass is 10.1. The van der Waals surface area contributed by atoms with Crippen LogP contribution in [0.15, 0.2) is 54.6 Å². The molecule has 1 amide bonds. The van der Waals surface area contributed by atoms with Crippen LogP contribution in [0.3, 0.4) is 0 Å². The summed E-state index contributed by atoms with van der Waals surface area (Å²) in [4.78, 5) is 26.5. The van der Waals surface area contributed by atoms with Gasteiger partial charge in [-0.25, -0.2) is 0 Å². The van der Waals surface area contributed by atoms with Gasteiger partial charge in [-0.15, -0.1) is 0 Å². The molecule has 0 saturated carbocycles. The van der Waals surface area contributed by atoms with Crippen molar-refractivity contribution in [2.75, 3.05) is 25.7 Å². The standard InChI is InChI=1S/C23H22N2O4/c1-15(26)19-10-21-22(29-14-28-21)11-20(19)24-23(27)13-25(2)12-16-7-8-17-5-3-4-6-18(17)9-16/h3-11H,12-14H2,1-2H3,(H,24,27). The number of anilines is 1. The van der Waals surface area contributed by atoms with Gasteiger partial charge < -0.3 is 14.8 Å². The number of carbonyl (C=O) groups excluding carboxylic acids is 2. The number of ketones is 1. The van der Waals surface area contributed by atoms with Gasteiger partial charge >= 0.3 is 0 Å². The fourth-order valence-corrected chi connectivity index (χ4v) is 3.48. The third kappa shape index (κ3) is 4.22. The number of fused-ring (bicyclic) bond motifs is 2. The highest BCUT2D eigenvalue weighted by Crippen LogP contribution is 2.37. The number of ether oxygens (including phenoxy) is 2. The molecule has 0 aliphatic carbocycles. The molecule has 0 saturated heterocycles. The second-order valence-electron chi connectivity index (χ2n) is 7.21. The van der Waals surface area contributed by atoms with Gasteiger partial charge in [-0.2, -0.15) is 0 Å². The Labute approximate surface area is 169 Å². The van der Waals surface area contributed by atoms with E-state index in [1.54, 1.807) is 12.1 Å². The zero-order chi connectivity index (χ0) is 20.4. The molecule has 0 spiro atoms. The van der Waals surface area contributed by atoms with Crippen LogP contribution in [0.2, 0.25) is 0 Å². The van der Waals surface area contributed by atoms with Crippen LogP contribution >= 0.6 is 0 Å². The second-order valence-corrected chi connectivity index (χ2v) is 7.21. The van der Waals surface area contributed by atoms with E-state index < -0.39 is 0 Å². The summed E-state index contributed by atoms with van der Waals surface area (Å²) in [5, 5.41) is 5.20. The monoisotopic (exact) mass is 390 g/mol. The lowest BCUT2D eigenvalue weighted by molar-refractivity contribution is -0.117. The number of likely N-dealkylation sites (N-methyl/N-ethyl adjacent to an activating group) is 1.